The first kappa shape index (κ1) is 13.7. The van der Waals surface area contributed by atoms with Gasteiger partial charge in [-0.05, 0) is 17.7 Å². The van der Waals surface area contributed by atoms with Crippen LogP contribution < -0.4 is 4.90 Å². The lowest BCUT2D eigenvalue weighted by Gasteiger charge is -2.19. The van der Waals surface area contributed by atoms with Gasteiger partial charge in [0.15, 0.2) is 0 Å². The van der Waals surface area contributed by atoms with Crippen LogP contribution in [0.25, 0.3) is 0 Å². The summed E-state index contributed by atoms with van der Waals surface area (Å²) in [6.07, 6.45) is 0.605. The van der Waals surface area contributed by atoms with Crippen molar-refractivity contribution < 1.29 is 9.72 Å². The van der Waals surface area contributed by atoms with Crippen molar-refractivity contribution in [2.75, 3.05) is 11.9 Å². The molecular formula is C15H14N2O3. The number of hydrogen-bond donors (Lipinski definition) is 0. The van der Waals surface area contributed by atoms with Gasteiger partial charge in [-0.2, -0.15) is 0 Å². The van der Waals surface area contributed by atoms with E-state index in [-0.39, 0.29) is 5.69 Å². The standard InChI is InChI=1S/C15H14N2O3/c1-16(10-12-5-3-2-4-6-12)14-8-7-13(11-18)9-15(14)17(19)20/h2-9,11H,10H2,1H3. The van der Waals surface area contributed by atoms with E-state index >= 15 is 0 Å². The largest absolute Gasteiger partial charge is 0.365 e. The van der Waals surface area contributed by atoms with E-state index < -0.39 is 4.92 Å². The molecule has 20 heavy (non-hydrogen) atoms. The van der Waals surface area contributed by atoms with Gasteiger partial charge in [0.05, 0.1) is 4.92 Å². The van der Waals surface area contributed by atoms with Crippen LogP contribution in [0.15, 0.2) is 48.5 Å². The molecule has 5 heteroatoms. The summed E-state index contributed by atoms with van der Waals surface area (Å²) in [5, 5.41) is 11.1. The molecule has 102 valence electrons. The molecule has 0 N–H and O–H groups in total. The summed E-state index contributed by atoms with van der Waals surface area (Å²) in [4.78, 5) is 23.2. The number of nitrogens with zero attached hydrogens (tertiary/aromatic N) is 2. The van der Waals surface area contributed by atoms with E-state index in [1.54, 1.807) is 24.1 Å². The van der Waals surface area contributed by atoms with Crippen LogP contribution in [0.1, 0.15) is 15.9 Å². The molecule has 2 aromatic rings. The van der Waals surface area contributed by atoms with E-state index in [4.69, 9.17) is 0 Å². The van der Waals surface area contributed by atoms with E-state index in [0.29, 0.717) is 24.1 Å². The summed E-state index contributed by atoms with van der Waals surface area (Å²) in [5.74, 6) is 0. The van der Waals surface area contributed by atoms with Gasteiger partial charge in [0.2, 0.25) is 0 Å². The summed E-state index contributed by atoms with van der Waals surface area (Å²) in [6, 6.07) is 14.2. The highest BCUT2D eigenvalue weighted by Crippen LogP contribution is 2.29. The molecule has 0 aliphatic heterocycles. The molecule has 0 amide bonds. The van der Waals surface area contributed by atoms with Crippen molar-refractivity contribution in [3.8, 4) is 0 Å². The van der Waals surface area contributed by atoms with Crippen LogP contribution in [0.4, 0.5) is 11.4 Å². The third-order valence-electron chi connectivity index (χ3n) is 3.01. The van der Waals surface area contributed by atoms with Gasteiger partial charge in [-0.25, -0.2) is 0 Å². The van der Waals surface area contributed by atoms with Crippen molar-refractivity contribution in [1.82, 2.24) is 0 Å². The van der Waals surface area contributed by atoms with Crippen LogP contribution in [0.5, 0.6) is 0 Å². The van der Waals surface area contributed by atoms with E-state index in [1.165, 1.54) is 6.07 Å². The summed E-state index contributed by atoms with van der Waals surface area (Å²) in [6.45, 7) is 0.558. The normalized spacial score (nSPS) is 10.1. The lowest BCUT2D eigenvalue weighted by atomic mass is 10.1. The monoisotopic (exact) mass is 270 g/mol. The number of nitro benzene ring substituents is 1. The van der Waals surface area contributed by atoms with Crippen LogP contribution in [-0.4, -0.2) is 18.3 Å². The molecule has 0 atom stereocenters. The van der Waals surface area contributed by atoms with Crippen molar-refractivity contribution in [3.05, 3.63) is 69.8 Å². The number of anilines is 1. The van der Waals surface area contributed by atoms with Gasteiger partial charge >= 0.3 is 0 Å². The second kappa shape index (κ2) is 5.97. The molecule has 0 radical (unpaired) electrons. The maximum atomic E-state index is 11.1. The second-order valence-electron chi connectivity index (χ2n) is 4.46. The molecule has 2 aromatic carbocycles. The summed E-state index contributed by atoms with van der Waals surface area (Å²) >= 11 is 0. The average molecular weight is 270 g/mol. The van der Waals surface area contributed by atoms with Gasteiger partial charge in [-0.1, -0.05) is 30.3 Å². The minimum absolute atomic E-state index is 0.0620. The fourth-order valence-corrected chi connectivity index (χ4v) is 2.03. The third kappa shape index (κ3) is 3.00. The molecule has 2 rings (SSSR count). The van der Waals surface area contributed by atoms with Gasteiger partial charge in [0.25, 0.3) is 5.69 Å². The Balaban J connectivity index is 2.31. The van der Waals surface area contributed by atoms with E-state index in [1.807, 2.05) is 30.3 Å². The highest BCUT2D eigenvalue weighted by atomic mass is 16.6. The molecule has 0 fully saturated rings. The number of carbonyl (C=O) groups is 1. The zero-order valence-corrected chi connectivity index (χ0v) is 11.0. The lowest BCUT2D eigenvalue weighted by Crippen LogP contribution is -2.17. The molecule has 0 spiro atoms. The Hall–Kier alpha value is -2.69. The van der Waals surface area contributed by atoms with E-state index in [2.05, 4.69) is 0 Å². The Morgan fingerprint density at radius 3 is 2.50 bits per heavy atom. The van der Waals surface area contributed by atoms with Gasteiger partial charge < -0.3 is 4.90 Å². The topological polar surface area (TPSA) is 63.5 Å². The number of nitro groups is 1. The molecule has 0 aliphatic rings. The highest BCUT2D eigenvalue weighted by molar-refractivity contribution is 5.79. The molecule has 0 saturated carbocycles. The maximum Gasteiger partial charge on any atom is 0.293 e. The minimum atomic E-state index is -0.468. The molecule has 0 heterocycles. The Morgan fingerprint density at radius 1 is 1.20 bits per heavy atom. The molecule has 0 aliphatic carbocycles. The fraction of sp³-hybridized carbons (Fsp3) is 0.133. The van der Waals surface area contributed by atoms with Crippen molar-refractivity contribution in [2.45, 2.75) is 6.54 Å². The Labute approximate surface area is 116 Å². The van der Waals surface area contributed by atoms with E-state index in [9.17, 15) is 14.9 Å². The van der Waals surface area contributed by atoms with Crippen molar-refractivity contribution >= 4 is 17.7 Å². The number of aldehydes is 1. The van der Waals surface area contributed by atoms with Crippen LogP contribution in [0.2, 0.25) is 0 Å². The van der Waals surface area contributed by atoms with Gasteiger partial charge in [0.1, 0.15) is 12.0 Å². The van der Waals surface area contributed by atoms with Crippen LogP contribution in [-0.2, 0) is 6.54 Å². The quantitative estimate of drug-likeness (QED) is 0.476. The number of rotatable bonds is 5. The van der Waals surface area contributed by atoms with Gasteiger partial charge in [-0.3, -0.25) is 14.9 Å². The molecular weight excluding hydrogens is 256 g/mol. The molecule has 0 unspecified atom stereocenters. The molecule has 0 saturated heterocycles. The third-order valence-corrected chi connectivity index (χ3v) is 3.01. The van der Waals surface area contributed by atoms with Crippen molar-refractivity contribution in [3.63, 3.8) is 0 Å². The molecule has 0 aromatic heterocycles. The fourth-order valence-electron chi connectivity index (χ4n) is 2.03. The SMILES string of the molecule is CN(Cc1ccccc1)c1ccc(C=O)cc1[N+](=O)[O-]. The predicted molar refractivity (Wildman–Crippen MR) is 77.0 cm³/mol. The Bertz CT molecular complexity index is 626. The Kier molecular flexibility index (Phi) is 4.10. The zero-order chi connectivity index (χ0) is 14.5. The Morgan fingerprint density at radius 2 is 1.90 bits per heavy atom. The summed E-state index contributed by atoms with van der Waals surface area (Å²) in [7, 11) is 1.79. The number of carbonyl (C=O) groups excluding carboxylic acids is 1. The smallest absolute Gasteiger partial charge is 0.293 e. The molecule has 0 bridgehead atoms. The maximum absolute atomic E-state index is 11.1. The second-order valence-corrected chi connectivity index (χ2v) is 4.46. The van der Waals surface area contributed by atoms with E-state index in [0.717, 1.165) is 5.56 Å². The highest BCUT2D eigenvalue weighted by Gasteiger charge is 2.17. The first-order valence-corrected chi connectivity index (χ1v) is 6.10. The number of hydrogen-bond acceptors (Lipinski definition) is 4. The minimum Gasteiger partial charge on any atom is -0.365 e. The average Bonchev–Trinajstić information content (AvgIpc) is 2.47. The van der Waals surface area contributed by atoms with Gasteiger partial charge in [-0.15, -0.1) is 0 Å². The summed E-state index contributed by atoms with van der Waals surface area (Å²) < 4.78 is 0. The van der Waals surface area contributed by atoms with Crippen molar-refractivity contribution in [1.29, 1.82) is 0 Å². The first-order chi connectivity index (χ1) is 9.61. The predicted octanol–water partition coefficient (Wildman–Crippen LogP) is 3.04. The van der Waals surface area contributed by atoms with Gasteiger partial charge in [0, 0.05) is 25.2 Å². The first-order valence-electron chi connectivity index (χ1n) is 6.10. The van der Waals surface area contributed by atoms with Crippen LogP contribution in [0.3, 0.4) is 0 Å². The lowest BCUT2D eigenvalue weighted by molar-refractivity contribution is -0.384. The molecule has 5 nitrogen and oxygen atoms in total. The number of benzene rings is 2. The zero-order valence-electron chi connectivity index (χ0n) is 11.0. The summed E-state index contributed by atoms with van der Waals surface area (Å²) in [5.41, 5.74) is 1.79. The van der Waals surface area contributed by atoms with Crippen LogP contribution >= 0.6 is 0 Å². The van der Waals surface area contributed by atoms with Crippen LogP contribution in [0, 0.1) is 10.1 Å². The van der Waals surface area contributed by atoms with Crippen molar-refractivity contribution in [2.24, 2.45) is 0 Å².